The van der Waals surface area contributed by atoms with Gasteiger partial charge in [-0.15, -0.1) is 10.2 Å². The zero-order valence-electron chi connectivity index (χ0n) is 16.7. The molecule has 0 unspecified atom stereocenters. The van der Waals surface area contributed by atoms with E-state index >= 15 is 0 Å². The van der Waals surface area contributed by atoms with Crippen LogP contribution in [0.4, 0.5) is 0 Å². The maximum absolute atomic E-state index is 12.9. The first-order valence-electron chi connectivity index (χ1n) is 9.80. The highest BCUT2D eigenvalue weighted by molar-refractivity contribution is 9.10. The first kappa shape index (κ1) is 21.1. The van der Waals surface area contributed by atoms with E-state index in [2.05, 4.69) is 43.6 Å². The molecular weight excluding hydrogens is 464 g/mol. The standard InChI is InChI=1S/C22H23BrN4O2S/c1-16-5-7-19(8-6-16)27-15-24-26-21(27)30-14-20(28)25-22(9-11-29-12-10-22)17-3-2-4-18(23)13-17/h2-8,13,15H,9-12,14H2,1H3,(H,25,28). The minimum absolute atomic E-state index is 0.0275. The average Bonchev–Trinajstić information content (AvgIpc) is 3.22. The lowest BCUT2D eigenvalue weighted by Crippen LogP contribution is -2.50. The summed E-state index contributed by atoms with van der Waals surface area (Å²) in [6.07, 6.45) is 3.17. The number of hydrogen-bond donors (Lipinski definition) is 1. The lowest BCUT2D eigenvalue weighted by Gasteiger charge is -2.38. The highest BCUT2D eigenvalue weighted by atomic mass is 79.9. The van der Waals surface area contributed by atoms with Crippen LogP contribution < -0.4 is 5.32 Å². The summed E-state index contributed by atoms with van der Waals surface area (Å²) in [5.74, 6) is 0.238. The van der Waals surface area contributed by atoms with Gasteiger partial charge in [0.1, 0.15) is 6.33 Å². The monoisotopic (exact) mass is 486 g/mol. The Kier molecular flexibility index (Phi) is 6.55. The third kappa shape index (κ3) is 4.77. The molecule has 0 bridgehead atoms. The van der Waals surface area contributed by atoms with E-state index in [1.54, 1.807) is 6.33 Å². The van der Waals surface area contributed by atoms with E-state index in [-0.39, 0.29) is 11.7 Å². The Hall–Kier alpha value is -2.16. The first-order chi connectivity index (χ1) is 14.6. The van der Waals surface area contributed by atoms with Gasteiger partial charge in [0.2, 0.25) is 5.91 Å². The molecule has 6 nitrogen and oxygen atoms in total. The summed E-state index contributed by atoms with van der Waals surface area (Å²) in [4.78, 5) is 12.9. The lowest BCUT2D eigenvalue weighted by atomic mass is 9.82. The van der Waals surface area contributed by atoms with Gasteiger partial charge in [0.15, 0.2) is 5.16 Å². The number of halogens is 1. The molecule has 156 valence electrons. The molecule has 4 rings (SSSR count). The van der Waals surface area contributed by atoms with Crippen LogP contribution in [0.2, 0.25) is 0 Å². The van der Waals surface area contributed by atoms with E-state index in [0.29, 0.717) is 18.4 Å². The smallest absolute Gasteiger partial charge is 0.231 e. The van der Waals surface area contributed by atoms with Crippen molar-refractivity contribution in [2.45, 2.75) is 30.5 Å². The number of aromatic nitrogens is 3. The van der Waals surface area contributed by atoms with Crippen LogP contribution >= 0.6 is 27.7 Å². The minimum Gasteiger partial charge on any atom is -0.381 e. The fourth-order valence-electron chi connectivity index (χ4n) is 3.63. The fourth-order valence-corrected chi connectivity index (χ4v) is 4.76. The number of hydrogen-bond acceptors (Lipinski definition) is 5. The van der Waals surface area contributed by atoms with E-state index < -0.39 is 5.54 Å². The summed E-state index contributed by atoms with van der Waals surface area (Å²) in [6.45, 7) is 3.30. The van der Waals surface area contributed by atoms with Crippen LogP contribution in [-0.4, -0.2) is 39.6 Å². The number of benzene rings is 2. The second-order valence-corrected chi connectivity index (χ2v) is 9.22. The Morgan fingerprint density at radius 1 is 1.23 bits per heavy atom. The van der Waals surface area contributed by atoms with Crippen LogP contribution in [0, 0.1) is 6.92 Å². The van der Waals surface area contributed by atoms with Crippen molar-refractivity contribution < 1.29 is 9.53 Å². The zero-order valence-corrected chi connectivity index (χ0v) is 19.1. The van der Waals surface area contributed by atoms with Crippen molar-refractivity contribution in [1.82, 2.24) is 20.1 Å². The van der Waals surface area contributed by atoms with Crippen molar-refractivity contribution in [3.05, 3.63) is 70.5 Å². The normalized spacial score (nSPS) is 15.7. The van der Waals surface area contributed by atoms with Crippen LogP contribution in [0.15, 0.2) is 64.5 Å². The third-order valence-corrected chi connectivity index (χ3v) is 6.70. The van der Waals surface area contributed by atoms with Crippen LogP contribution in [0.3, 0.4) is 0 Å². The molecule has 1 aliphatic heterocycles. The van der Waals surface area contributed by atoms with Gasteiger partial charge in [-0.05, 0) is 49.6 Å². The van der Waals surface area contributed by atoms with Gasteiger partial charge in [-0.2, -0.15) is 0 Å². The number of thioether (sulfide) groups is 1. The fraction of sp³-hybridized carbons (Fsp3) is 0.318. The maximum Gasteiger partial charge on any atom is 0.231 e. The van der Waals surface area contributed by atoms with Crippen molar-refractivity contribution in [3.63, 3.8) is 0 Å². The lowest BCUT2D eigenvalue weighted by molar-refractivity contribution is -0.121. The molecule has 2 heterocycles. The second kappa shape index (κ2) is 9.32. The maximum atomic E-state index is 12.9. The average molecular weight is 487 g/mol. The number of nitrogens with one attached hydrogen (secondary N) is 1. The van der Waals surface area contributed by atoms with Gasteiger partial charge >= 0.3 is 0 Å². The zero-order chi connectivity index (χ0) is 21.0. The highest BCUT2D eigenvalue weighted by Gasteiger charge is 2.36. The van der Waals surface area contributed by atoms with Gasteiger partial charge in [-0.1, -0.05) is 57.5 Å². The SMILES string of the molecule is Cc1ccc(-n2cnnc2SCC(=O)NC2(c3cccc(Br)c3)CCOCC2)cc1. The van der Waals surface area contributed by atoms with Crippen LogP contribution in [0.5, 0.6) is 0 Å². The molecule has 30 heavy (non-hydrogen) atoms. The Bertz CT molecular complexity index is 1020. The molecule has 1 N–H and O–H groups in total. The van der Waals surface area contributed by atoms with Crippen molar-refractivity contribution in [2.24, 2.45) is 0 Å². The van der Waals surface area contributed by atoms with Crippen molar-refractivity contribution >= 4 is 33.6 Å². The summed E-state index contributed by atoms with van der Waals surface area (Å²) in [5.41, 5.74) is 2.85. The molecule has 0 atom stereocenters. The van der Waals surface area contributed by atoms with Gasteiger partial charge in [-0.3, -0.25) is 9.36 Å². The topological polar surface area (TPSA) is 69.0 Å². The molecule has 1 aliphatic rings. The number of nitrogens with zero attached hydrogens (tertiary/aromatic N) is 3. The Morgan fingerprint density at radius 3 is 2.73 bits per heavy atom. The number of aryl methyl sites for hydroxylation is 1. The Balaban J connectivity index is 1.46. The largest absolute Gasteiger partial charge is 0.381 e. The number of carbonyl (C=O) groups excluding carboxylic acids is 1. The van der Waals surface area contributed by atoms with E-state index in [4.69, 9.17) is 4.74 Å². The van der Waals surface area contributed by atoms with Gasteiger partial charge in [0, 0.05) is 23.4 Å². The van der Waals surface area contributed by atoms with Crippen molar-refractivity contribution in [1.29, 1.82) is 0 Å². The van der Waals surface area contributed by atoms with E-state index in [1.807, 2.05) is 47.9 Å². The second-order valence-electron chi connectivity index (χ2n) is 7.36. The quantitative estimate of drug-likeness (QED) is 0.527. The molecule has 0 saturated carbocycles. The molecule has 1 aromatic heterocycles. The third-order valence-electron chi connectivity index (χ3n) is 5.26. The molecule has 1 amide bonds. The molecule has 0 radical (unpaired) electrons. The number of carbonyl (C=O) groups is 1. The molecule has 1 fully saturated rings. The summed E-state index contributed by atoms with van der Waals surface area (Å²) in [5, 5.41) is 12.2. The predicted octanol–water partition coefficient (Wildman–Crippen LogP) is 4.25. The molecule has 0 spiro atoms. The molecule has 8 heteroatoms. The van der Waals surface area contributed by atoms with Crippen molar-refractivity contribution in [2.75, 3.05) is 19.0 Å². The summed E-state index contributed by atoms with van der Waals surface area (Å²) in [6, 6.07) is 16.3. The first-order valence-corrected chi connectivity index (χ1v) is 11.6. The molecule has 0 aliphatic carbocycles. The molecule has 3 aromatic rings. The number of ether oxygens (including phenoxy) is 1. The van der Waals surface area contributed by atoms with Crippen LogP contribution in [0.25, 0.3) is 5.69 Å². The molecule has 1 saturated heterocycles. The predicted molar refractivity (Wildman–Crippen MR) is 121 cm³/mol. The van der Waals surface area contributed by atoms with Crippen LogP contribution in [0.1, 0.15) is 24.0 Å². The van der Waals surface area contributed by atoms with E-state index in [0.717, 1.165) is 28.6 Å². The van der Waals surface area contributed by atoms with E-state index in [1.165, 1.54) is 17.3 Å². The van der Waals surface area contributed by atoms with Gasteiger partial charge in [0.25, 0.3) is 0 Å². The van der Waals surface area contributed by atoms with Crippen molar-refractivity contribution in [3.8, 4) is 5.69 Å². The molecule has 2 aromatic carbocycles. The van der Waals surface area contributed by atoms with E-state index in [9.17, 15) is 4.79 Å². The molecular formula is C22H23BrN4O2S. The van der Waals surface area contributed by atoms with Gasteiger partial charge in [0.05, 0.1) is 11.3 Å². The highest BCUT2D eigenvalue weighted by Crippen LogP contribution is 2.34. The van der Waals surface area contributed by atoms with Gasteiger partial charge in [-0.25, -0.2) is 0 Å². The minimum atomic E-state index is -0.412. The van der Waals surface area contributed by atoms with Crippen LogP contribution in [-0.2, 0) is 15.1 Å². The Morgan fingerprint density at radius 2 is 2.00 bits per heavy atom. The summed E-state index contributed by atoms with van der Waals surface area (Å²) >= 11 is 4.93. The number of rotatable bonds is 6. The summed E-state index contributed by atoms with van der Waals surface area (Å²) < 4.78 is 8.46. The number of amides is 1. The summed E-state index contributed by atoms with van der Waals surface area (Å²) in [7, 11) is 0. The Labute approximate surface area is 188 Å². The van der Waals surface area contributed by atoms with Gasteiger partial charge < -0.3 is 10.1 Å².